The van der Waals surface area contributed by atoms with Gasteiger partial charge in [0.15, 0.2) is 5.82 Å². The summed E-state index contributed by atoms with van der Waals surface area (Å²) in [5.41, 5.74) is 0.943. The number of hydrogen-bond acceptors (Lipinski definition) is 6. The van der Waals surface area contributed by atoms with Crippen molar-refractivity contribution in [1.29, 1.82) is 0 Å². The maximum atomic E-state index is 13.0. The zero-order valence-corrected chi connectivity index (χ0v) is 14.5. The van der Waals surface area contributed by atoms with Crippen LogP contribution >= 0.6 is 0 Å². The van der Waals surface area contributed by atoms with Crippen molar-refractivity contribution in [1.82, 2.24) is 15.0 Å². The quantitative estimate of drug-likeness (QED) is 0.686. The van der Waals surface area contributed by atoms with Crippen LogP contribution in [0.4, 0.5) is 10.2 Å². The molecule has 0 unspecified atom stereocenters. The van der Waals surface area contributed by atoms with E-state index in [1.165, 1.54) is 12.1 Å². The summed E-state index contributed by atoms with van der Waals surface area (Å²) < 4.78 is 24.2. The predicted molar refractivity (Wildman–Crippen MR) is 95.8 cm³/mol. The van der Waals surface area contributed by atoms with Gasteiger partial charge in [0.25, 0.3) is 5.88 Å². The van der Waals surface area contributed by atoms with Gasteiger partial charge in [0.05, 0.1) is 6.10 Å². The van der Waals surface area contributed by atoms with Gasteiger partial charge in [-0.15, -0.1) is 0 Å². The van der Waals surface area contributed by atoms with Crippen molar-refractivity contribution >= 4 is 5.82 Å². The number of ether oxygens (including phenoxy) is 2. The van der Waals surface area contributed by atoms with E-state index in [4.69, 9.17) is 9.47 Å². The predicted octanol–water partition coefficient (Wildman–Crippen LogP) is 4.20. The third-order valence-electron chi connectivity index (χ3n) is 3.31. The van der Waals surface area contributed by atoms with Crippen molar-refractivity contribution in [2.45, 2.75) is 26.5 Å². The van der Waals surface area contributed by atoms with E-state index in [1.54, 1.807) is 36.8 Å². The number of halogens is 1. The van der Waals surface area contributed by atoms with E-state index in [0.717, 1.165) is 5.56 Å². The average Bonchev–Trinajstić information content (AvgIpc) is 2.63. The Morgan fingerprint density at radius 1 is 1.00 bits per heavy atom. The van der Waals surface area contributed by atoms with Crippen LogP contribution in [0.3, 0.4) is 0 Å². The van der Waals surface area contributed by atoms with Crippen LogP contribution in [-0.2, 0) is 6.54 Å². The molecular weight excluding hydrogens is 335 g/mol. The topological polar surface area (TPSA) is 69.2 Å². The first-order chi connectivity index (χ1) is 12.6. The molecule has 0 aliphatic rings. The highest BCUT2D eigenvalue weighted by molar-refractivity contribution is 5.45. The fraction of sp³-hybridized carbons (Fsp3) is 0.211. The molecule has 0 aliphatic carbocycles. The highest BCUT2D eigenvalue weighted by Gasteiger charge is 2.08. The van der Waals surface area contributed by atoms with Gasteiger partial charge in [0.1, 0.15) is 11.6 Å². The second-order valence-electron chi connectivity index (χ2n) is 5.79. The Bertz CT molecular complexity index is 856. The summed E-state index contributed by atoms with van der Waals surface area (Å²) in [7, 11) is 0. The van der Waals surface area contributed by atoms with E-state index < -0.39 is 0 Å². The number of anilines is 1. The van der Waals surface area contributed by atoms with Crippen molar-refractivity contribution in [3.8, 4) is 17.5 Å². The van der Waals surface area contributed by atoms with E-state index in [1.807, 2.05) is 19.9 Å². The van der Waals surface area contributed by atoms with Gasteiger partial charge in [-0.05, 0) is 49.7 Å². The SMILES string of the molecule is CC(C)Oc1nccnc1NCc1ccnc(Oc2ccc(F)cc2)c1. The smallest absolute Gasteiger partial charge is 0.257 e. The monoisotopic (exact) mass is 354 g/mol. The summed E-state index contributed by atoms with van der Waals surface area (Å²) in [5.74, 6) is 1.66. The number of aromatic nitrogens is 3. The Labute approximate surface area is 151 Å². The normalized spacial score (nSPS) is 10.6. The molecule has 0 fully saturated rings. The molecule has 0 saturated heterocycles. The minimum Gasteiger partial charge on any atom is -0.472 e. The molecule has 3 rings (SSSR count). The number of rotatable bonds is 7. The summed E-state index contributed by atoms with van der Waals surface area (Å²) in [6.07, 6.45) is 4.84. The summed E-state index contributed by atoms with van der Waals surface area (Å²) in [5, 5.41) is 3.20. The van der Waals surface area contributed by atoms with E-state index in [2.05, 4.69) is 20.3 Å². The van der Waals surface area contributed by atoms with E-state index in [9.17, 15) is 4.39 Å². The Morgan fingerprint density at radius 2 is 1.77 bits per heavy atom. The Hall–Kier alpha value is -3.22. The summed E-state index contributed by atoms with van der Waals surface area (Å²) >= 11 is 0. The fourth-order valence-corrected chi connectivity index (χ4v) is 2.18. The average molecular weight is 354 g/mol. The molecule has 0 radical (unpaired) electrons. The van der Waals surface area contributed by atoms with Crippen LogP contribution < -0.4 is 14.8 Å². The van der Waals surface area contributed by atoms with Crippen LogP contribution in [0.2, 0.25) is 0 Å². The molecule has 0 atom stereocenters. The Balaban J connectivity index is 1.67. The molecule has 0 aliphatic heterocycles. The Morgan fingerprint density at radius 3 is 2.54 bits per heavy atom. The molecule has 1 N–H and O–H groups in total. The summed E-state index contributed by atoms with van der Waals surface area (Å²) in [4.78, 5) is 12.6. The van der Waals surface area contributed by atoms with Crippen LogP contribution in [0.15, 0.2) is 55.0 Å². The molecule has 2 heterocycles. The minimum atomic E-state index is -0.313. The Kier molecular flexibility index (Phi) is 5.58. The van der Waals surface area contributed by atoms with E-state index in [-0.39, 0.29) is 11.9 Å². The molecule has 7 heteroatoms. The van der Waals surface area contributed by atoms with Crippen LogP contribution in [0.5, 0.6) is 17.5 Å². The fourth-order valence-electron chi connectivity index (χ4n) is 2.18. The summed E-state index contributed by atoms with van der Waals surface area (Å²) in [6, 6.07) is 9.45. The van der Waals surface area contributed by atoms with Gasteiger partial charge in [0, 0.05) is 31.2 Å². The van der Waals surface area contributed by atoms with Crippen LogP contribution in [0, 0.1) is 5.82 Å². The highest BCUT2D eigenvalue weighted by atomic mass is 19.1. The zero-order chi connectivity index (χ0) is 18.4. The largest absolute Gasteiger partial charge is 0.472 e. The van der Waals surface area contributed by atoms with Gasteiger partial charge in [-0.25, -0.2) is 19.3 Å². The first kappa shape index (κ1) is 17.6. The second kappa shape index (κ2) is 8.24. The van der Waals surface area contributed by atoms with Crippen molar-refractivity contribution in [2.24, 2.45) is 0 Å². The lowest BCUT2D eigenvalue weighted by molar-refractivity contribution is 0.233. The van der Waals surface area contributed by atoms with E-state index >= 15 is 0 Å². The highest BCUT2D eigenvalue weighted by Crippen LogP contribution is 2.22. The third kappa shape index (κ3) is 4.89. The number of nitrogens with zero attached hydrogens (tertiary/aromatic N) is 3. The first-order valence-corrected chi connectivity index (χ1v) is 8.20. The van der Waals surface area contributed by atoms with Crippen molar-refractivity contribution < 1.29 is 13.9 Å². The molecule has 3 aromatic rings. The van der Waals surface area contributed by atoms with Crippen LogP contribution in [-0.4, -0.2) is 21.1 Å². The van der Waals surface area contributed by atoms with Crippen molar-refractivity contribution in [3.05, 3.63) is 66.4 Å². The number of hydrogen-bond donors (Lipinski definition) is 1. The zero-order valence-electron chi connectivity index (χ0n) is 14.5. The maximum Gasteiger partial charge on any atom is 0.257 e. The van der Waals surface area contributed by atoms with Gasteiger partial charge >= 0.3 is 0 Å². The van der Waals surface area contributed by atoms with Crippen LogP contribution in [0.1, 0.15) is 19.4 Å². The van der Waals surface area contributed by atoms with Crippen molar-refractivity contribution in [3.63, 3.8) is 0 Å². The minimum absolute atomic E-state index is 0.00360. The molecular formula is C19H19FN4O2. The van der Waals surface area contributed by atoms with E-state index in [0.29, 0.717) is 29.9 Å². The first-order valence-electron chi connectivity index (χ1n) is 8.20. The lowest BCUT2D eigenvalue weighted by atomic mass is 10.2. The lowest BCUT2D eigenvalue weighted by Gasteiger charge is -2.13. The molecule has 26 heavy (non-hydrogen) atoms. The number of nitrogens with one attached hydrogen (secondary N) is 1. The maximum absolute atomic E-state index is 13.0. The van der Waals surface area contributed by atoms with Crippen molar-refractivity contribution in [2.75, 3.05) is 5.32 Å². The third-order valence-corrected chi connectivity index (χ3v) is 3.31. The van der Waals surface area contributed by atoms with Gasteiger partial charge in [-0.1, -0.05) is 0 Å². The molecule has 0 spiro atoms. The van der Waals surface area contributed by atoms with Gasteiger partial charge < -0.3 is 14.8 Å². The number of pyridine rings is 1. The standard InChI is InChI=1S/C19H19FN4O2/c1-13(2)25-19-18(22-9-10-23-19)24-12-14-7-8-21-17(11-14)26-16-5-3-15(20)4-6-16/h3-11,13H,12H2,1-2H3,(H,22,24). The number of benzene rings is 1. The molecule has 1 aromatic carbocycles. The van der Waals surface area contributed by atoms with Crippen LogP contribution in [0.25, 0.3) is 0 Å². The lowest BCUT2D eigenvalue weighted by Crippen LogP contribution is -2.11. The van der Waals surface area contributed by atoms with Gasteiger partial charge in [-0.2, -0.15) is 0 Å². The molecule has 134 valence electrons. The molecule has 6 nitrogen and oxygen atoms in total. The summed E-state index contributed by atoms with van der Waals surface area (Å²) in [6.45, 7) is 4.36. The molecule has 0 saturated carbocycles. The molecule has 0 amide bonds. The molecule has 2 aromatic heterocycles. The molecule has 0 bridgehead atoms. The van der Waals surface area contributed by atoms with Gasteiger partial charge in [-0.3, -0.25) is 0 Å². The second-order valence-corrected chi connectivity index (χ2v) is 5.79. The van der Waals surface area contributed by atoms with Gasteiger partial charge in [0.2, 0.25) is 5.88 Å².